The Kier molecular flexibility index (Phi) is 6.38. The molecule has 1 aliphatic carbocycles. The lowest BCUT2D eigenvalue weighted by molar-refractivity contribution is -0.137. The SMILES string of the molecule is Cc1c(N2C3C[C@H](OCc4c(-c5ccccc5C(F)(F)F)noc4C4CC4)CC2[C@H](C)C3)ccc2oc(C(=O)O)cc12. The van der Waals surface area contributed by atoms with Crippen molar-refractivity contribution in [1.29, 1.82) is 0 Å². The number of ether oxygens (including phenoxy) is 1. The van der Waals surface area contributed by atoms with Crippen LogP contribution in [0.3, 0.4) is 0 Å². The Morgan fingerprint density at radius 3 is 2.64 bits per heavy atom. The summed E-state index contributed by atoms with van der Waals surface area (Å²) >= 11 is 0. The molecule has 2 aromatic heterocycles. The van der Waals surface area contributed by atoms with Crippen molar-refractivity contribution in [3.63, 3.8) is 0 Å². The molecule has 1 saturated carbocycles. The van der Waals surface area contributed by atoms with Gasteiger partial charge in [-0.15, -0.1) is 0 Å². The number of carboxylic acid groups (broad SMARTS) is 1. The predicted octanol–water partition coefficient (Wildman–Crippen LogP) is 7.95. The highest BCUT2D eigenvalue weighted by Crippen LogP contribution is 2.48. The van der Waals surface area contributed by atoms with E-state index in [0.717, 1.165) is 54.8 Å². The van der Waals surface area contributed by atoms with E-state index in [1.54, 1.807) is 12.1 Å². The fourth-order valence-electron chi connectivity index (χ4n) is 7.08. The monoisotopic (exact) mass is 580 g/mol. The highest BCUT2D eigenvalue weighted by atomic mass is 19.4. The average molecular weight is 581 g/mol. The summed E-state index contributed by atoms with van der Waals surface area (Å²) in [5, 5.41) is 14.3. The number of aromatic nitrogens is 1. The zero-order valence-corrected chi connectivity index (χ0v) is 23.3. The number of halogens is 3. The number of carbonyl (C=O) groups is 1. The maximum atomic E-state index is 13.9. The Labute approximate surface area is 240 Å². The van der Waals surface area contributed by atoms with Crippen LogP contribution in [-0.2, 0) is 17.5 Å². The van der Waals surface area contributed by atoms with E-state index in [-0.39, 0.29) is 47.7 Å². The third-order valence-electron chi connectivity index (χ3n) is 9.24. The van der Waals surface area contributed by atoms with E-state index in [4.69, 9.17) is 13.7 Å². The van der Waals surface area contributed by atoms with Crippen molar-refractivity contribution in [1.82, 2.24) is 5.16 Å². The summed E-state index contributed by atoms with van der Waals surface area (Å²) in [5.41, 5.74) is 2.71. The molecule has 2 aliphatic heterocycles. The Balaban J connectivity index is 1.14. The van der Waals surface area contributed by atoms with Crippen molar-refractivity contribution in [3.05, 3.63) is 70.7 Å². The number of nitrogens with zero attached hydrogens (tertiary/aromatic N) is 2. The number of piperidine rings is 1. The maximum absolute atomic E-state index is 13.9. The Hall–Kier alpha value is -3.79. The maximum Gasteiger partial charge on any atom is 0.417 e. The topological polar surface area (TPSA) is 88.9 Å². The predicted molar refractivity (Wildman–Crippen MR) is 148 cm³/mol. The van der Waals surface area contributed by atoms with Crippen molar-refractivity contribution in [2.45, 2.75) is 82.8 Å². The van der Waals surface area contributed by atoms with Gasteiger partial charge >= 0.3 is 12.1 Å². The van der Waals surface area contributed by atoms with Crippen LogP contribution >= 0.6 is 0 Å². The fraction of sp³-hybridized carbons (Fsp3) is 0.438. The number of hydrogen-bond acceptors (Lipinski definition) is 6. The highest BCUT2D eigenvalue weighted by molar-refractivity contribution is 5.94. The molecule has 3 aliphatic rings. The van der Waals surface area contributed by atoms with Gasteiger partial charge in [0, 0.05) is 40.2 Å². The minimum atomic E-state index is -4.51. The molecule has 220 valence electrons. The minimum absolute atomic E-state index is 0.0129. The number of fused-ring (bicyclic) bond motifs is 3. The quantitative estimate of drug-likeness (QED) is 0.237. The molecule has 7 rings (SSSR count). The summed E-state index contributed by atoms with van der Waals surface area (Å²) < 4.78 is 59.2. The van der Waals surface area contributed by atoms with Crippen LogP contribution in [0.1, 0.15) is 78.0 Å². The van der Waals surface area contributed by atoms with E-state index in [1.165, 1.54) is 12.1 Å². The number of aryl methyl sites for hydroxylation is 1. The molecule has 0 amide bonds. The van der Waals surface area contributed by atoms with Crippen LogP contribution in [-0.4, -0.2) is 34.4 Å². The second kappa shape index (κ2) is 9.90. The largest absolute Gasteiger partial charge is 0.475 e. The molecule has 4 heterocycles. The van der Waals surface area contributed by atoms with Gasteiger partial charge in [-0.2, -0.15) is 13.2 Å². The number of aromatic carboxylic acids is 1. The van der Waals surface area contributed by atoms with Gasteiger partial charge in [-0.25, -0.2) is 4.79 Å². The molecule has 4 aromatic rings. The lowest BCUT2D eigenvalue weighted by atomic mass is 9.95. The van der Waals surface area contributed by atoms with E-state index >= 15 is 0 Å². The normalized spacial score (nSPS) is 24.1. The van der Waals surface area contributed by atoms with E-state index in [2.05, 4.69) is 17.0 Å². The molecule has 0 spiro atoms. The molecule has 42 heavy (non-hydrogen) atoms. The van der Waals surface area contributed by atoms with Crippen LogP contribution in [0.25, 0.3) is 22.2 Å². The number of hydrogen-bond donors (Lipinski definition) is 1. The summed E-state index contributed by atoms with van der Waals surface area (Å²) in [7, 11) is 0. The molecule has 0 radical (unpaired) electrons. The first-order valence-corrected chi connectivity index (χ1v) is 14.4. The molecule has 4 atom stereocenters. The number of furan rings is 1. The lowest BCUT2D eigenvalue weighted by Gasteiger charge is -2.42. The molecule has 2 aromatic carbocycles. The number of benzene rings is 2. The van der Waals surface area contributed by atoms with Crippen molar-refractivity contribution in [3.8, 4) is 11.3 Å². The third-order valence-corrected chi connectivity index (χ3v) is 9.24. The summed E-state index contributed by atoms with van der Waals surface area (Å²) in [6.45, 7) is 4.39. The zero-order chi connectivity index (χ0) is 29.3. The van der Waals surface area contributed by atoms with Crippen LogP contribution in [0.15, 0.2) is 51.4 Å². The van der Waals surface area contributed by atoms with E-state index in [0.29, 0.717) is 22.8 Å². The first-order valence-electron chi connectivity index (χ1n) is 14.4. The molecule has 3 fully saturated rings. The van der Waals surface area contributed by atoms with Gasteiger partial charge in [-0.1, -0.05) is 30.3 Å². The first kappa shape index (κ1) is 27.1. The number of alkyl halides is 3. The molecule has 10 heteroatoms. The van der Waals surface area contributed by atoms with Gasteiger partial charge in [0.05, 0.1) is 18.3 Å². The van der Waals surface area contributed by atoms with Crippen molar-refractivity contribution in [2.24, 2.45) is 5.92 Å². The number of anilines is 1. The average Bonchev–Trinajstić information content (AvgIpc) is 3.48. The Morgan fingerprint density at radius 1 is 1.14 bits per heavy atom. The standard InChI is InChI=1S/C32H31F3N2O5/c1-16-11-19-12-20(13-26(16)37(19)25-9-10-27-22(17(25)2)14-28(41-27)31(38)39)40-15-23-29(36-42-30(23)18-7-8-18)21-5-3-4-6-24(21)32(33,34)35/h3-6,9-10,14,16,18-20,26H,7-8,11-13,15H2,1-2H3,(H,38,39)/t16-,19?,20+,26?/m1/s1. The van der Waals surface area contributed by atoms with Gasteiger partial charge in [-0.3, -0.25) is 0 Å². The molecule has 7 nitrogen and oxygen atoms in total. The summed E-state index contributed by atoms with van der Waals surface area (Å²) in [5.74, 6) is 0.0557. The summed E-state index contributed by atoms with van der Waals surface area (Å²) in [6.07, 6.45) is -0.165. The van der Waals surface area contributed by atoms with Crippen molar-refractivity contribution >= 4 is 22.6 Å². The van der Waals surface area contributed by atoms with Gasteiger partial charge in [0.2, 0.25) is 5.76 Å². The Bertz CT molecular complexity index is 1670. The zero-order valence-electron chi connectivity index (χ0n) is 23.3. The molecule has 1 N–H and O–H groups in total. The van der Waals surface area contributed by atoms with Crippen LogP contribution in [0.5, 0.6) is 0 Å². The molecular weight excluding hydrogens is 549 g/mol. The molecule has 2 unspecified atom stereocenters. The second-order valence-electron chi connectivity index (χ2n) is 12.0. The van der Waals surface area contributed by atoms with Gasteiger partial charge < -0.3 is 23.7 Å². The lowest BCUT2D eigenvalue weighted by Crippen LogP contribution is -2.46. The van der Waals surface area contributed by atoms with E-state index in [1.807, 2.05) is 19.1 Å². The van der Waals surface area contributed by atoms with Gasteiger partial charge in [-0.05, 0) is 74.8 Å². The van der Waals surface area contributed by atoms with Crippen LogP contribution in [0, 0.1) is 12.8 Å². The van der Waals surface area contributed by atoms with Crippen molar-refractivity contribution < 1.29 is 36.7 Å². The molecule has 2 bridgehead atoms. The number of rotatable bonds is 7. The van der Waals surface area contributed by atoms with E-state index in [9.17, 15) is 23.1 Å². The first-order chi connectivity index (χ1) is 20.1. The second-order valence-corrected chi connectivity index (χ2v) is 12.0. The number of carboxylic acids is 1. The third kappa shape index (κ3) is 4.56. The molecular formula is C32H31F3N2O5. The van der Waals surface area contributed by atoms with Crippen molar-refractivity contribution in [2.75, 3.05) is 4.90 Å². The Morgan fingerprint density at radius 2 is 1.93 bits per heavy atom. The van der Waals surface area contributed by atoms with Crippen LogP contribution < -0.4 is 4.90 Å². The van der Waals surface area contributed by atoms with Crippen LogP contribution in [0.2, 0.25) is 0 Å². The van der Waals surface area contributed by atoms with Gasteiger partial charge in [0.25, 0.3) is 0 Å². The summed E-state index contributed by atoms with van der Waals surface area (Å²) in [6, 6.07) is 11.4. The van der Waals surface area contributed by atoms with Gasteiger partial charge in [0.1, 0.15) is 17.0 Å². The van der Waals surface area contributed by atoms with Gasteiger partial charge in [0.15, 0.2) is 0 Å². The minimum Gasteiger partial charge on any atom is -0.475 e. The van der Waals surface area contributed by atoms with Crippen LogP contribution in [0.4, 0.5) is 18.9 Å². The molecule has 2 saturated heterocycles. The smallest absolute Gasteiger partial charge is 0.417 e. The highest BCUT2D eigenvalue weighted by Gasteiger charge is 2.46. The fourth-order valence-corrected chi connectivity index (χ4v) is 7.08. The summed E-state index contributed by atoms with van der Waals surface area (Å²) in [4.78, 5) is 13.9. The van der Waals surface area contributed by atoms with E-state index < -0.39 is 17.7 Å².